The highest BCUT2D eigenvalue weighted by Gasteiger charge is 2.04. The third-order valence-corrected chi connectivity index (χ3v) is 3.59. The molecular weight excluding hydrogens is 302 g/mol. The summed E-state index contributed by atoms with van der Waals surface area (Å²) in [6, 6.07) is 15.1. The molecule has 19 heavy (non-hydrogen) atoms. The number of carbonyl (C=O) groups is 1. The number of hydrogen-bond acceptors (Lipinski definition) is 1. The van der Waals surface area contributed by atoms with Gasteiger partial charge < -0.3 is 5.32 Å². The first-order valence-corrected chi connectivity index (χ1v) is 6.59. The van der Waals surface area contributed by atoms with Crippen LogP contribution in [0.3, 0.4) is 0 Å². The molecule has 0 atom stereocenters. The van der Waals surface area contributed by atoms with Gasteiger partial charge in [0.25, 0.3) is 0 Å². The van der Waals surface area contributed by atoms with Crippen LogP contribution in [0.15, 0.2) is 53.0 Å². The van der Waals surface area contributed by atoms with Crippen LogP contribution in [0, 0.1) is 18.8 Å². The standard InChI is InChI=1S/C16H12BrNO/c1-12-6-5-9-14(16(12)17)18-15(19)11-10-13-7-3-2-4-8-13/h2-9H,1H3,(H,18,19). The molecule has 0 spiro atoms. The fraction of sp³-hybridized carbons (Fsp3) is 0.0625. The number of anilines is 1. The van der Waals surface area contributed by atoms with E-state index in [-0.39, 0.29) is 5.91 Å². The van der Waals surface area contributed by atoms with Crippen LogP contribution in [-0.2, 0) is 4.79 Å². The number of carbonyl (C=O) groups excluding carboxylic acids is 1. The molecule has 0 aliphatic rings. The molecule has 0 heterocycles. The minimum Gasteiger partial charge on any atom is -0.314 e. The molecule has 94 valence electrons. The number of hydrogen-bond donors (Lipinski definition) is 1. The molecule has 0 aromatic heterocycles. The van der Waals surface area contributed by atoms with E-state index in [4.69, 9.17) is 0 Å². The van der Waals surface area contributed by atoms with Crippen LogP contribution in [0.25, 0.3) is 0 Å². The zero-order valence-electron chi connectivity index (χ0n) is 10.4. The third-order valence-electron chi connectivity index (χ3n) is 2.53. The first kappa shape index (κ1) is 13.4. The molecule has 0 aliphatic carbocycles. The van der Waals surface area contributed by atoms with E-state index in [0.717, 1.165) is 21.3 Å². The zero-order chi connectivity index (χ0) is 13.7. The average molecular weight is 314 g/mol. The van der Waals surface area contributed by atoms with Crippen LogP contribution in [0.1, 0.15) is 11.1 Å². The number of aryl methyl sites for hydroxylation is 1. The highest BCUT2D eigenvalue weighted by Crippen LogP contribution is 2.25. The quantitative estimate of drug-likeness (QED) is 0.798. The fourth-order valence-electron chi connectivity index (χ4n) is 1.55. The second-order valence-electron chi connectivity index (χ2n) is 4.01. The van der Waals surface area contributed by atoms with Gasteiger partial charge in [-0.25, -0.2) is 0 Å². The molecule has 0 saturated heterocycles. The number of amides is 1. The molecule has 0 unspecified atom stereocenters. The maximum atomic E-state index is 11.7. The molecular formula is C16H12BrNO. The maximum Gasteiger partial charge on any atom is 0.300 e. The fourth-order valence-corrected chi connectivity index (χ4v) is 1.91. The van der Waals surface area contributed by atoms with Crippen LogP contribution in [-0.4, -0.2) is 5.91 Å². The van der Waals surface area contributed by atoms with E-state index in [1.54, 1.807) is 0 Å². The Bertz CT molecular complexity index is 653. The van der Waals surface area contributed by atoms with Crippen molar-refractivity contribution in [1.82, 2.24) is 0 Å². The lowest BCUT2D eigenvalue weighted by Gasteiger charge is -2.05. The van der Waals surface area contributed by atoms with Gasteiger partial charge in [0.05, 0.1) is 5.69 Å². The second-order valence-corrected chi connectivity index (χ2v) is 4.80. The van der Waals surface area contributed by atoms with Crippen molar-refractivity contribution in [1.29, 1.82) is 0 Å². The molecule has 0 fully saturated rings. The zero-order valence-corrected chi connectivity index (χ0v) is 12.0. The summed E-state index contributed by atoms with van der Waals surface area (Å²) in [5.74, 6) is 5.07. The number of nitrogens with one attached hydrogen (secondary N) is 1. The topological polar surface area (TPSA) is 29.1 Å². The van der Waals surface area contributed by atoms with Crippen LogP contribution < -0.4 is 5.32 Å². The van der Waals surface area contributed by atoms with E-state index in [1.165, 1.54) is 0 Å². The summed E-state index contributed by atoms with van der Waals surface area (Å²) in [5.41, 5.74) is 2.61. The van der Waals surface area contributed by atoms with Gasteiger partial charge in [-0.15, -0.1) is 0 Å². The molecule has 2 nitrogen and oxygen atoms in total. The van der Waals surface area contributed by atoms with Gasteiger partial charge >= 0.3 is 5.91 Å². The van der Waals surface area contributed by atoms with Crippen LogP contribution in [0.5, 0.6) is 0 Å². The molecule has 0 radical (unpaired) electrons. The van der Waals surface area contributed by atoms with Gasteiger partial charge in [0.2, 0.25) is 0 Å². The number of benzene rings is 2. The van der Waals surface area contributed by atoms with E-state index in [0.29, 0.717) is 0 Å². The Kier molecular flexibility index (Phi) is 4.38. The van der Waals surface area contributed by atoms with Gasteiger partial charge in [0, 0.05) is 16.0 Å². The molecule has 2 rings (SSSR count). The lowest BCUT2D eigenvalue weighted by atomic mass is 10.2. The lowest BCUT2D eigenvalue weighted by molar-refractivity contribution is -0.111. The van der Waals surface area contributed by atoms with Crippen molar-refractivity contribution in [3.63, 3.8) is 0 Å². The Morgan fingerprint density at radius 2 is 1.84 bits per heavy atom. The van der Waals surface area contributed by atoms with E-state index in [9.17, 15) is 4.79 Å². The van der Waals surface area contributed by atoms with E-state index in [2.05, 4.69) is 33.1 Å². The summed E-state index contributed by atoms with van der Waals surface area (Å²) in [4.78, 5) is 11.7. The summed E-state index contributed by atoms with van der Waals surface area (Å²) in [5, 5.41) is 2.76. The van der Waals surface area contributed by atoms with Gasteiger partial charge in [-0.2, -0.15) is 0 Å². The van der Waals surface area contributed by atoms with Crippen molar-refractivity contribution in [2.24, 2.45) is 0 Å². The van der Waals surface area contributed by atoms with Crippen molar-refractivity contribution in [2.75, 3.05) is 5.32 Å². The minimum atomic E-state index is -0.324. The van der Waals surface area contributed by atoms with Crippen molar-refractivity contribution < 1.29 is 4.79 Å². The van der Waals surface area contributed by atoms with Crippen LogP contribution >= 0.6 is 15.9 Å². The Labute approximate surface area is 121 Å². The Morgan fingerprint density at radius 3 is 2.58 bits per heavy atom. The molecule has 0 bridgehead atoms. The second kappa shape index (κ2) is 6.21. The van der Waals surface area contributed by atoms with Crippen LogP contribution in [0.2, 0.25) is 0 Å². The van der Waals surface area contributed by atoms with Gasteiger partial charge in [-0.3, -0.25) is 4.79 Å². The van der Waals surface area contributed by atoms with Crippen LogP contribution in [0.4, 0.5) is 5.69 Å². The third kappa shape index (κ3) is 3.70. The molecule has 2 aromatic rings. The predicted molar refractivity (Wildman–Crippen MR) is 80.8 cm³/mol. The highest BCUT2D eigenvalue weighted by molar-refractivity contribution is 9.10. The molecule has 2 aromatic carbocycles. The summed E-state index contributed by atoms with van der Waals surface area (Å²) >= 11 is 3.44. The average Bonchev–Trinajstić information content (AvgIpc) is 2.43. The molecule has 0 aliphatic heterocycles. The lowest BCUT2D eigenvalue weighted by Crippen LogP contribution is -2.09. The van der Waals surface area contributed by atoms with Crippen molar-refractivity contribution in [2.45, 2.75) is 6.92 Å². The summed E-state index contributed by atoms with van der Waals surface area (Å²) in [6.45, 7) is 1.97. The number of rotatable bonds is 1. The van der Waals surface area contributed by atoms with E-state index in [1.807, 2.05) is 55.5 Å². The smallest absolute Gasteiger partial charge is 0.300 e. The predicted octanol–water partition coefficient (Wildman–Crippen LogP) is 3.75. The largest absolute Gasteiger partial charge is 0.314 e. The Morgan fingerprint density at radius 1 is 1.11 bits per heavy atom. The first-order valence-electron chi connectivity index (χ1n) is 5.80. The Balaban J connectivity index is 2.11. The van der Waals surface area contributed by atoms with E-state index >= 15 is 0 Å². The van der Waals surface area contributed by atoms with Crippen molar-refractivity contribution in [3.05, 3.63) is 64.1 Å². The highest BCUT2D eigenvalue weighted by atomic mass is 79.9. The normalized spacial score (nSPS) is 9.37. The van der Waals surface area contributed by atoms with Gasteiger partial charge in [-0.05, 0) is 46.6 Å². The maximum absolute atomic E-state index is 11.7. The Hall–Kier alpha value is -2.05. The first-order chi connectivity index (χ1) is 9.16. The summed E-state index contributed by atoms with van der Waals surface area (Å²) in [7, 11) is 0. The van der Waals surface area contributed by atoms with Gasteiger partial charge in [-0.1, -0.05) is 36.3 Å². The molecule has 0 saturated carbocycles. The summed E-state index contributed by atoms with van der Waals surface area (Å²) < 4.78 is 0.880. The minimum absolute atomic E-state index is 0.324. The molecule has 3 heteroatoms. The van der Waals surface area contributed by atoms with Gasteiger partial charge in [0.15, 0.2) is 0 Å². The van der Waals surface area contributed by atoms with Crippen molar-refractivity contribution >= 4 is 27.5 Å². The molecule has 1 amide bonds. The molecule has 1 N–H and O–H groups in total. The summed E-state index contributed by atoms with van der Waals surface area (Å²) in [6.07, 6.45) is 0. The SMILES string of the molecule is Cc1cccc(NC(=O)C#Cc2ccccc2)c1Br. The van der Waals surface area contributed by atoms with E-state index < -0.39 is 0 Å². The van der Waals surface area contributed by atoms with Crippen molar-refractivity contribution in [3.8, 4) is 11.8 Å². The number of halogens is 1. The van der Waals surface area contributed by atoms with Gasteiger partial charge in [0.1, 0.15) is 0 Å². The monoisotopic (exact) mass is 313 g/mol.